The molecule has 0 bridgehead atoms. The van der Waals surface area contributed by atoms with Crippen molar-refractivity contribution in [3.63, 3.8) is 0 Å². The number of aliphatic imine (C=N–C) groups is 1. The summed E-state index contributed by atoms with van der Waals surface area (Å²) < 4.78 is 5.57. The molecule has 2 saturated heterocycles. The molecule has 0 radical (unpaired) electrons. The zero-order valence-corrected chi connectivity index (χ0v) is 15.2. The Morgan fingerprint density at radius 2 is 2.00 bits per heavy atom. The second-order valence-electron chi connectivity index (χ2n) is 5.95. The molecule has 3 rings (SSSR count). The van der Waals surface area contributed by atoms with Crippen LogP contribution in [0.15, 0.2) is 28.1 Å². The van der Waals surface area contributed by atoms with Gasteiger partial charge in [0.05, 0.1) is 12.0 Å². The van der Waals surface area contributed by atoms with E-state index in [9.17, 15) is 4.79 Å². The number of rotatable bonds is 3. The Morgan fingerprint density at radius 1 is 1.25 bits per heavy atom. The molecule has 0 aromatic heterocycles. The van der Waals surface area contributed by atoms with Crippen molar-refractivity contribution in [1.29, 1.82) is 0 Å². The van der Waals surface area contributed by atoms with Crippen molar-refractivity contribution in [2.45, 2.75) is 19.3 Å². The number of methoxy groups -OCH3 is 1. The van der Waals surface area contributed by atoms with Gasteiger partial charge in [0.1, 0.15) is 5.75 Å². The molecule has 1 aromatic carbocycles. The molecule has 2 aliphatic heterocycles. The van der Waals surface area contributed by atoms with Crippen LogP contribution in [0.4, 0.5) is 5.69 Å². The maximum atomic E-state index is 12.3. The number of piperidine rings is 1. The summed E-state index contributed by atoms with van der Waals surface area (Å²) >= 11 is 1.39. The lowest BCUT2D eigenvalue weighted by Gasteiger charge is -2.29. The van der Waals surface area contributed by atoms with E-state index >= 15 is 0 Å². The lowest BCUT2D eigenvalue weighted by molar-refractivity contribution is -0.121. The van der Waals surface area contributed by atoms with Gasteiger partial charge in [0.25, 0.3) is 5.91 Å². The Hall–Kier alpha value is -1.95. The number of likely N-dealkylation sites (N-methyl/N-ethyl adjacent to an activating group) is 1. The van der Waals surface area contributed by atoms with Gasteiger partial charge in [-0.2, -0.15) is 0 Å². The minimum absolute atomic E-state index is 0.0252. The molecule has 1 amide bonds. The molecule has 6 heteroatoms. The predicted octanol–water partition coefficient (Wildman–Crippen LogP) is 3.22. The molecule has 0 unspecified atom stereocenters. The number of carbonyl (C=O) groups excluding carboxylic acids is 1. The van der Waals surface area contributed by atoms with Crippen LogP contribution in [0.1, 0.15) is 24.8 Å². The lowest BCUT2D eigenvalue weighted by Crippen LogP contribution is -2.29. The van der Waals surface area contributed by atoms with Gasteiger partial charge in [0.2, 0.25) is 0 Å². The Morgan fingerprint density at radius 3 is 2.62 bits per heavy atom. The number of hydrogen-bond donors (Lipinski definition) is 0. The molecule has 1 aromatic rings. The van der Waals surface area contributed by atoms with E-state index in [1.807, 2.05) is 12.1 Å². The normalized spacial score (nSPS) is 21.9. The van der Waals surface area contributed by atoms with Crippen LogP contribution in [0.2, 0.25) is 0 Å². The van der Waals surface area contributed by atoms with Crippen LogP contribution in [0.25, 0.3) is 6.08 Å². The van der Waals surface area contributed by atoms with E-state index < -0.39 is 0 Å². The number of thioether (sulfide) groups is 1. The highest BCUT2D eigenvalue weighted by molar-refractivity contribution is 8.18. The summed E-state index contributed by atoms with van der Waals surface area (Å²) in [6.07, 6.45) is 5.68. The molecule has 0 atom stereocenters. The van der Waals surface area contributed by atoms with Gasteiger partial charge in [-0.15, -0.1) is 0 Å². The molecular weight excluding hydrogens is 322 g/mol. The topological polar surface area (TPSA) is 45.1 Å². The summed E-state index contributed by atoms with van der Waals surface area (Å²) in [6.45, 7) is 2.19. The summed E-state index contributed by atoms with van der Waals surface area (Å²) in [5.41, 5.74) is 2.10. The molecule has 2 heterocycles. The van der Waals surface area contributed by atoms with Crippen LogP contribution in [-0.2, 0) is 4.79 Å². The molecule has 0 aliphatic carbocycles. The number of benzene rings is 1. The zero-order valence-electron chi connectivity index (χ0n) is 14.4. The number of anilines is 1. The van der Waals surface area contributed by atoms with Crippen molar-refractivity contribution in [1.82, 2.24) is 4.90 Å². The van der Waals surface area contributed by atoms with Crippen LogP contribution in [0, 0.1) is 0 Å². The van der Waals surface area contributed by atoms with Crippen molar-refractivity contribution < 1.29 is 9.53 Å². The first-order valence-corrected chi connectivity index (χ1v) is 9.03. The average molecular weight is 345 g/mol. The van der Waals surface area contributed by atoms with E-state index in [2.05, 4.69) is 22.0 Å². The minimum atomic E-state index is -0.0252. The number of carbonyl (C=O) groups is 1. The number of nitrogens with zero attached hydrogens (tertiary/aromatic N) is 3. The van der Waals surface area contributed by atoms with E-state index in [0.29, 0.717) is 4.91 Å². The lowest BCUT2D eigenvalue weighted by atomic mass is 10.1. The van der Waals surface area contributed by atoms with Gasteiger partial charge in [0.15, 0.2) is 5.17 Å². The average Bonchev–Trinajstić information content (AvgIpc) is 2.90. The fourth-order valence-corrected chi connectivity index (χ4v) is 3.98. The predicted molar refractivity (Wildman–Crippen MR) is 101 cm³/mol. The van der Waals surface area contributed by atoms with E-state index in [1.54, 1.807) is 26.1 Å². The Labute approximate surface area is 147 Å². The molecule has 128 valence electrons. The fraction of sp³-hybridized carbons (Fsp3) is 0.444. The first-order chi connectivity index (χ1) is 11.6. The molecule has 0 N–H and O–H groups in total. The number of hydrogen-bond acceptors (Lipinski definition) is 5. The van der Waals surface area contributed by atoms with Crippen molar-refractivity contribution in [3.05, 3.63) is 28.7 Å². The molecule has 24 heavy (non-hydrogen) atoms. The third-order valence-electron chi connectivity index (χ3n) is 4.42. The van der Waals surface area contributed by atoms with Gasteiger partial charge in [-0.1, -0.05) is 0 Å². The van der Waals surface area contributed by atoms with Gasteiger partial charge < -0.3 is 9.64 Å². The van der Waals surface area contributed by atoms with Crippen molar-refractivity contribution in [2.24, 2.45) is 4.99 Å². The van der Waals surface area contributed by atoms with E-state index in [-0.39, 0.29) is 5.91 Å². The summed E-state index contributed by atoms with van der Waals surface area (Å²) in [4.78, 5) is 21.1. The summed E-state index contributed by atoms with van der Waals surface area (Å²) in [6, 6.07) is 6.22. The van der Waals surface area contributed by atoms with Crippen molar-refractivity contribution in [3.8, 4) is 5.75 Å². The third-order valence-corrected chi connectivity index (χ3v) is 5.57. The molecule has 0 saturated carbocycles. The second kappa shape index (κ2) is 7.30. The smallest absolute Gasteiger partial charge is 0.266 e. The van der Waals surface area contributed by atoms with Gasteiger partial charge >= 0.3 is 0 Å². The van der Waals surface area contributed by atoms with Gasteiger partial charge in [-0.05, 0) is 49.2 Å². The molecule has 5 nitrogen and oxygen atoms in total. The van der Waals surface area contributed by atoms with Crippen LogP contribution >= 0.6 is 11.8 Å². The number of amides is 1. The number of amidine groups is 1. The molecular formula is C18H23N3O2S. The number of ether oxygens (including phenoxy) is 1. The highest BCUT2D eigenvalue weighted by Crippen LogP contribution is 2.34. The van der Waals surface area contributed by atoms with Crippen LogP contribution < -0.4 is 9.64 Å². The van der Waals surface area contributed by atoms with Crippen LogP contribution in [0.5, 0.6) is 5.75 Å². The highest BCUT2D eigenvalue weighted by atomic mass is 32.2. The van der Waals surface area contributed by atoms with Gasteiger partial charge in [-0.25, -0.2) is 0 Å². The Balaban J connectivity index is 1.88. The fourth-order valence-electron chi connectivity index (χ4n) is 3.06. The summed E-state index contributed by atoms with van der Waals surface area (Å²) in [7, 11) is 5.12. The molecule has 0 spiro atoms. The largest absolute Gasteiger partial charge is 0.496 e. The van der Waals surface area contributed by atoms with Crippen molar-refractivity contribution >= 4 is 34.6 Å². The summed E-state index contributed by atoms with van der Waals surface area (Å²) in [5, 5.41) is 0.718. The first-order valence-electron chi connectivity index (χ1n) is 8.21. The summed E-state index contributed by atoms with van der Waals surface area (Å²) in [5.74, 6) is 0.770. The highest BCUT2D eigenvalue weighted by Gasteiger charge is 2.30. The van der Waals surface area contributed by atoms with Gasteiger partial charge in [-0.3, -0.25) is 14.7 Å². The monoisotopic (exact) mass is 345 g/mol. The van der Waals surface area contributed by atoms with Crippen LogP contribution in [0.3, 0.4) is 0 Å². The first kappa shape index (κ1) is 16.9. The maximum absolute atomic E-state index is 12.3. The van der Waals surface area contributed by atoms with Crippen LogP contribution in [-0.4, -0.2) is 50.3 Å². The van der Waals surface area contributed by atoms with E-state index in [0.717, 1.165) is 29.6 Å². The maximum Gasteiger partial charge on any atom is 0.266 e. The van der Waals surface area contributed by atoms with Gasteiger partial charge in [0, 0.05) is 44.5 Å². The molecule has 2 fully saturated rings. The Kier molecular flexibility index (Phi) is 5.14. The van der Waals surface area contributed by atoms with E-state index in [1.165, 1.54) is 36.7 Å². The SMILES string of the molecule is CN=C1S/C(=C\c2ccc(N3CCCCC3)cc2OC)C(=O)N1C. The quantitative estimate of drug-likeness (QED) is 0.789. The Bertz CT molecular complexity index is 694. The second-order valence-corrected chi connectivity index (χ2v) is 6.96. The van der Waals surface area contributed by atoms with Crippen molar-refractivity contribution in [2.75, 3.05) is 39.2 Å². The van der Waals surface area contributed by atoms with E-state index in [4.69, 9.17) is 4.74 Å². The minimum Gasteiger partial charge on any atom is -0.496 e. The third kappa shape index (κ3) is 3.29. The zero-order chi connectivity index (χ0) is 17.1. The standard InChI is InChI=1S/C18H23N3O2S/c1-19-18-20(2)17(22)16(24-18)11-13-7-8-14(12-15(13)23-3)21-9-5-4-6-10-21/h7-8,11-12H,4-6,9-10H2,1-3H3/b16-11-,19-18?. The molecule has 2 aliphatic rings.